The van der Waals surface area contributed by atoms with E-state index in [0.29, 0.717) is 13.0 Å². The van der Waals surface area contributed by atoms with Gasteiger partial charge < -0.3 is 24.8 Å². The average Bonchev–Trinajstić information content (AvgIpc) is 3.28. The number of rotatable bonds is 17. The number of likely N-dealkylation sites (N-methyl/N-ethyl adjacent to an activating group) is 1. The van der Waals surface area contributed by atoms with Crippen LogP contribution in [-0.2, 0) is 50.3 Å². The van der Waals surface area contributed by atoms with E-state index < -0.39 is 28.3 Å². The van der Waals surface area contributed by atoms with Crippen molar-refractivity contribution in [3.05, 3.63) is 191 Å². The second-order valence-electron chi connectivity index (χ2n) is 15.4. The van der Waals surface area contributed by atoms with Gasteiger partial charge in [-0.2, -0.15) is 4.72 Å². The van der Waals surface area contributed by atoms with Crippen molar-refractivity contribution >= 4 is 15.9 Å². The molecular weight excluding hydrogens is 773 g/mol. The Morgan fingerprint density at radius 1 is 0.817 bits per heavy atom. The summed E-state index contributed by atoms with van der Waals surface area (Å²) in [5.41, 5.74) is 8.34. The van der Waals surface area contributed by atoms with Gasteiger partial charge in [0.1, 0.15) is 6.04 Å². The standard InChI is InChI=1S/C49H52N4O6S/c1-35-15-25-44(26-16-35)60(56,57)52-46(30-36-10-4-3-5-11-36)48(55)51-32-41-12-6-7-14-45(41)38-21-23-40(24-22-38)49-58-43(33-53(2)29-27-42-13-8-9-28-50-42)31-47(59-49)39-19-17-37(34-54)18-20-39/h3-26,28,43,46-47,49,52,54H,27,29-34H2,1-2H3,(H,51,55)/t43-,46+,47+,49+/m0/s1. The van der Waals surface area contributed by atoms with Crippen LogP contribution in [0.15, 0.2) is 157 Å². The van der Waals surface area contributed by atoms with Crippen molar-refractivity contribution in [3.8, 4) is 11.1 Å². The Morgan fingerprint density at radius 2 is 1.52 bits per heavy atom. The van der Waals surface area contributed by atoms with Crippen molar-refractivity contribution in [2.75, 3.05) is 20.1 Å². The van der Waals surface area contributed by atoms with E-state index in [1.165, 1.54) is 0 Å². The Balaban J connectivity index is 1.05. The van der Waals surface area contributed by atoms with Gasteiger partial charge in [0.25, 0.3) is 0 Å². The van der Waals surface area contributed by atoms with Gasteiger partial charge in [0, 0.05) is 49.9 Å². The molecule has 7 rings (SSSR count). The molecule has 1 aliphatic heterocycles. The van der Waals surface area contributed by atoms with Crippen LogP contribution in [0.2, 0.25) is 0 Å². The fourth-order valence-corrected chi connectivity index (χ4v) is 8.61. The Bertz CT molecular complexity index is 2400. The summed E-state index contributed by atoms with van der Waals surface area (Å²) >= 11 is 0. The van der Waals surface area contributed by atoms with Crippen LogP contribution < -0.4 is 10.0 Å². The summed E-state index contributed by atoms with van der Waals surface area (Å²) in [6, 6.07) is 44.7. The van der Waals surface area contributed by atoms with Crippen molar-refractivity contribution in [2.24, 2.45) is 0 Å². The molecule has 1 amide bonds. The number of nitrogens with one attached hydrogen (secondary N) is 2. The second kappa shape index (κ2) is 20.2. The third-order valence-corrected chi connectivity index (χ3v) is 12.3. The molecule has 2 heterocycles. The number of aliphatic hydroxyl groups is 1. The number of pyridine rings is 1. The number of carbonyl (C=O) groups is 1. The number of amides is 1. The first kappa shape index (κ1) is 42.6. The van der Waals surface area contributed by atoms with Crippen molar-refractivity contribution in [1.82, 2.24) is 19.9 Å². The van der Waals surface area contributed by atoms with Crippen LogP contribution in [0.1, 0.15) is 57.9 Å². The average molecular weight is 825 g/mol. The molecule has 0 aliphatic carbocycles. The summed E-state index contributed by atoms with van der Waals surface area (Å²) in [5, 5.41) is 12.6. The highest BCUT2D eigenvalue weighted by Crippen LogP contribution is 2.39. The third-order valence-electron chi connectivity index (χ3n) is 10.8. The van der Waals surface area contributed by atoms with E-state index in [2.05, 4.69) is 27.0 Å². The largest absolute Gasteiger partial charge is 0.392 e. The molecular formula is C49H52N4O6S. The first-order valence-corrected chi connectivity index (χ1v) is 21.8. The van der Waals surface area contributed by atoms with Crippen LogP contribution in [-0.4, -0.2) is 61.6 Å². The number of aromatic nitrogens is 1. The number of hydrogen-bond donors (Lipinski definition) is 3. The molecule has 1 aromatic heterocycles. The Kier molecular flexibility index (Phi) is 14.3. The number of benzene rings is 5. The first-order valence-electron chi connectivity index (χ1n) is 20.3. The van der Waals surface area contributed by atoms with Crippen molar-refractivity contribution in [3.63, 3.8) is 0 Å². The van der Waals surface area contributed by atoms with E-state index in [1.54, 1.807) is 24.3 Å². The van der Waals surface area contributed by atoms with Crippen molar-refractivity contribution < 1.29 is 27.8 Å². The summed E-state index contributed by atoms with van der Waals surface area (Å²) in [4.78, 5) is 20.7. The lowest BCUT2D eigenvalue weighted by Crippen LogP contribution is -2.47. The van der Waals surface area contributed by atoms with Crippen molar-refractivity contribution in [1.29, 1.82) is 0 Å². The van der Waals surface area contributed by atoms with E-state index in [4.69, 9.17) is 9.47 Å². The number of ether oxygens (including phenoxy) is 2. The topological polar surface area (TPSA) is 130 Å². The van der Waals surface area contributed by atoms with Crippen molar-refractivity contribution in [2.45, 2.75) is 68.8 Å². The van der Waals surface area contributed by atoms with Crippen LogP contribution in [0, 0.1) is 6.92 Å². The van der Waals surface area contributed by atoms with E-state index in [9.17, 15) is 18.3 Å². The van der Waals surface area contributed by atoms with Crippen LogP contribution in [0.3, 0.4) is 0 Å². The van der Waals surface area contributed by atoms with Gasteiger partial charge in [0.05, 0.1) is 23.7 Å². The highest BCUT2D eigenvalue weighted by atomic mass is 32.2. The molecule has 0 spiro atoms. The lowest BCUT2D eigenvalue weighted by molar-refractivity contribution is -0.252. The molecule has 1 fully saturated rings. The molecule has 0 unspecified atom stereocenters. The Hall–Kier alpha value is -5.53. The maximum Gasteiger partial charge on any atom is 0.241 e. The van der Waals surface area contributed by atoms with Gasteiger partial charge in [0.2, 0.25) is 15.9 Å². The Labute approximate surface area is 353 Å². The zero-order valence-corrected chi connectivity index (χ0v) is 34.8. The van der Waals surface area contributed by atoms with E-state index in [1.807, 2.05) is 134 Å². The van der Waals surface area contributed by atoms with E-state index in [0.717, 1.165) is 63.2 Å². The zero-order chi connectivity index (χ0) is 41.9. The van der Waals surface area contributed by atoms with E-state index in [-0.39, 0.29) is 36.7 Å². The number of nitrogens with zero attached hydrogens (tertiary/aromatic N) is 2. The molecule has 0 saturated carbocycles. The number of carbonyl (C=O) groups excluding carboxylic acids is 1. The molecule has 6 aromatic rings. The fourth-order valence-electron chi connectivity index (χ4n) is 7.42. The fraction of sp³-hybridized carbons (Fsp3) is 0.265. The predicted molar refractivity (Wildman–Crippen MR) is 233 cm³/mol. The summed E-state index contributed by atoms with van der Waals surface area (Å²) in [5.74, 6) is -0.427. The molecule has 60 heavy (non-hydrogen) atoms. The summed E-state index contributed by atoms with van der Waals surface area (Å²) in [6.45, 7) is 3.61. The van der Waals surface area contributed by atoms with Crippen LogP contribution in [0.4, 0.5) is 0 Å². The molecule has 1 saturated heterocycles. The number of aryl methyl sites for hydroxylation is 1. The molecule has 0 bridgehead atoms. The quantitative estimate of drug-likeness (QED) is 0.0864. The molecule has 4 atom stereocenters. The molecule has 5 aromatic carbocycles. The maximum absolute atomic E-state index is 13.8. The molecule has 0 radical (unpaired) electrons. The van der Waals surface area contributed by atoms with Gasteiger partial charge in [-0.1, -0.05) is 127 Å². The highest BCUT2D eigenvalue weighted by molar-refractivity contribution is 7.89. The molecule has 310 valence electrons. The maximum atomic E-state index is 13.8. The van der Waals surface area contributed by atoms with Gasteiger partial charge in [-0.3, -0.25) is 9.78 Å². The molecule has 11 heteroatoms. The number of hydrogen-bond acceptors (Lipinski definition) is 8. The minimum Gasteiger partial charge on any atom is -0.392 e. The number of aliphatic hydroxyl groups excluding tert-OH is 1. The lowest BCUT2D eigenvalue weighted by atomic mass is 9.97. The molecule has 3 N–H and O–H groups in total. The Morgan fingerprint density at radius 3 is 2.23 bits per heavy atom. The zero-order valence-electron chi connectivity index (χ0n) is 34.0. The predicted octanol–water partition coefficient (Wildman–Crippen LogP) is 7.48. The van der Waals surface area contributed by atoms with Gasteiger partial charge in [-0.05, 0) is 78.0 Å². The molecule has 10 nitrogen and oxygen atoms in total. The first-order chi connectivity index (χ1) is 29.1. The van der Waals surface area contributed by atoms with Gasteiger partial charge in [0.15, 0.2) is 6.29 Å². The number of sulfonamides is 1. The van der Waals surface area contributed by atoms with Crippen LogP contribution >= 0.6 is 0 Å². The third kappa shape index (κ3) is 11.4. The van der Waals surface area contributed by atoms with Crippen LogP contribution in [0.25, 0.3) is 11.1 Å². The monoisotopic (exact) mass is 824 g/mol. The normalized spacial score (nSPS) is 17.3. The highest BCUT2D eigenvalue weighted by Gasteiger charge is 2.33. The summed E-state index contributed by atoms with van der Waals surface area (Å²) in [7, 11) is -1.88. The van der Waals surface area contributed by atoms with Gasteiger partial charge >= 0.3 is 0 Å². The van der Waals surface area contributed by atoms with Gasteiger partial charge in [-0.25, -0.2) is 8.42 Å². The second-order valence-corrected chi connectivity index (χ2v) is 17.1. The molecule has 1 aliphatic rings. The summed E-state index contributed by atoms with van der Waals surface area (Å²) < 4.78 is 42.8. The summed E-state index contributed by atoms with van der Waals surface area (Å²) in [6.07, 6.45) is 2.61. The smallest absolute Gasteiger partial charge is 0.241 e. The minimum atomic E-state index is -3.98. The van der Waals surface area contributed by atoms with E-state index >= 15 is 0 Å². The van der Waals surface area contributed by atoms with Crippen LogP contribution in [0.5, 0.6) is 0 Å². The lowest BCUT2D eigenvalue weighted by Gasteiger charge is -2.38. The SMILES string of the molecule is Cc1ccc(S(=O)(=O)N[C@H](Cc2ccccc2)C(=O)NCc2ccccc2-c2ccc([C@@H]3O[C@H](CN(C)CCc4ccccn4)C[C@H](c4ccc(CO)cc4)O3)cc2)cc1. The van der Waals surface area contributed by atoms with Gasteiger partial charge in [-0.15, -0.1) is 0 Å². The minimum absolute atomic E-state index is 0.0199.